The molecule has 0 aliphatic heterocycles. The number of aromatic nitrogens is 2. The number of anilines is 1. The average molecular weight is 272 g/mol. The first-order chi connectivity index (χ1) is 9.51. The predicted molar refractivity (Wildman–Crippen MR) is 75.7 cm³/mol. The molecule has 0 fully saturated rings. The molecule has 1 aromatic carbocycles. The second-order valence-electron chi connectivity index (χ2n) is 5.04. The van der Waals surface area contributed by atoms with Crippen LogP contribution >= 0.6 is 0 Å². The Bertz CT molecular complexity index is 619. The Kier molecular flexibility index (Phi) is 4.04. The fraction of sp³-hybridized carbons (Fsp3) is 0.333. The Morgan fingerprint density at radius 1 is 1.35 bits per heavy atom. The summed E-state index contributed by atoms with van der Waals surface area (Å²) in [5, 5.41) is 12.4. The third kappa shape index (κ3) is 2.97. The molecule has 20 heavy (non-hydrogen) atoms. The molecular formula is C15H17FN4. The average Bonchev–Trinajstić information content (AvgIpc) is 2.83. The van der Waals surface area contributed by atoms with Gasteiger partial charge in [0.1, 0.15) is 5.82 Å². The molecule has 1 heterocycles. The van der Waals surface area contributed by atoms with E-state index in [1.165, 1.54) is 12.1 Å². The van der Waals surface area contributed by atoms with Crippen molar-refractivity contribution in [1.82, 2.24) is 9.55 Å². The summed E-state index contributed by atoms with van der Waals surface area (Å²) in [6, 6.07) is 6.47. The van der Waals surface area contributed by atoms with E-state index in [1.807, 2.05) is 31.4 Å². The lowest BCUT2D eigenvalue weighted by atomic mass is 10.1. The molecule has 1 aromatic heterocycles. The quantitative estimate of drug-likeness (QED) is 0.925. The van der Waals surface area contributed by atoms with Crippen LogP contribution in [0.3, 0.4) is 0 Å². The smallest absolute Gasteiger partial charge is 0.156 e. The van der Waals surface area contributed by atoms with E-state index in [2.05, 4.69) is 16.4 Å². The molecule has 0 spiro atoms. The van der Waals surface area contributed by atoms with Gasteiger partial charge in [0, 0.05) is 11.7 Å². The molecule has 0 aliphatic carbocycles. The second kappa shape index (κ2) is 5.74. The number of rotatable bonds is 4. The van der Waals surface area contributed by atoms with Gasteiger partial charge in [0.2, 0.25) is 0 Å². The van der Waals surface area contributed by atoms with Crippen LogP contribution in [0.1, 0.15) is 37.2 Å². The molecule has 0 saturated carbocycles. The van der Waals surface area contributed by atoms with Crippen molar-refractivity contribution in [2.75, 3.05) is 5.32 Å². The van der Waals surface area contributed by atoms with Crippen molar-refractivity contribution in [3.05, 3.63) is 47.8 Å². The Morgan fingerprint density at radius 2 is 2.10 bits per heavy atom. The van der Waals surface area contributed by atoms with E-state index in [1.54, 1.807) is 12.5 Å². The van der Waals surface area contributed by atoms with Gasteiger partial charge in [0.15, 0.2) is 6.04 Å². The topological polar surface area (TPSA) is 53.6 Å². The van der Waals surface area contributed by atoms with Crippen LogP contribution in [0.5, 0.6) is 0 Å². The molecule has 1 unspecified atom stereocenters. The zero-order chi connectivity index (χ0) is 14.7. The van der Waals surface area contributed by atoms with Crippen LogP contribution in [0.4, 0.5) is 10.1 Å². The molecule has 1 atom stereocenters. The SMILES string of the molecule is Cc1cc(F)cc(NC(C#N)c2cncn2C(C)C)c1. The molecule has 0 saturated heterocycles. The third-order valence-corrected chi connectivity index (χ3v) is 3.03. The van der Waals surface area contributed by atoms with Gasteiger partial charge in [-0.25, -0.2) is 9.37 Å². The highest BCUT2D eigenvalue weighted by Gasteiger charge is 2.17. The maximum atomic E-state index is 13.4. The molecule has 0 bridgehead atoms. The summed E-state index contributed by atoms with van der Waals surface area (Å²) in [6.45, 7) is 5.85. The summed E-state index contributed by atoms with van der Waals surface area (Å²) < 4.78 is 15.3. The van der Waals surface area contributed by atoms with Crippen LogP contribution < -0.4 is 5.32 Å². The Morgan fingerprint density at radius 3 is 2.70 bits per heavy atom. The van der Waals surface area contributed by atoms with E-state index in [-0.39, 0.29) is 11.9 Å². The molecule has 4 nitrogen and oxygen atoms in total. The normalized spacial score (nSPS) is 12.2. The van der Waals surface area contributed by atoms with E-state index < -0.39 is 6.04 Å². The highest BCUT2D eigenvalue weighted by Crippen LogP contribution is 2.22. The van der Waals surface area contributed by atoms with E-state index in [9.17, 15) is 9.65 Å². The molecular weight excluding hydrogens is 255 g/mol. The van der Waals surface area contributed by atoms with Crippen LogP contribution in [0.15, 0.2) is 30.7 Å². The van der Waals surface area contributed by atoms with Crippen LogP contribution in [-0.2, 0) is 0 Å². The van der Waals surface area contributed by atoms with Gasteiger partial charge < -0.3 is 9.88 Å². The van der Waals surface area contributed by atoms with Crippen LogP contribution in [-0.4, -0.2) is 9.55 Å². The summed E-state index contributed by atoms with van der Waals surface area (Å²) >= 11 is 0. The fourth-order valence-corrected chi connectivity index (χ4v) is 2.13. The van der Waals surface area contributed by atoms with Crippen molar-refractivity contribution in [2.24, 2.45) is 0 Å². The molecule has 0 aliphatic rings. The monoisotopic (exact) mass is 272 g/mol. The molecule has 2 aromatic rings. The number of nitriles is 1. The van der Waals surface area contributed by atoms with Gasteiger partial charge in [-0.05, 0) is 44.5 Å². The maximum Gasteiger partial charge on any atom is 0.156 e. The molecule has 0 radical (unpaired) electrons. The summed E-state index contributed by atoms with van der Waals surface area (Å²) in [6.07, 6.45) is 3.36. The number of aryl methyl sites for hydroxylation is 1. The van der Waals surface area contributed by atoms with Gasteiger partial charge in [-0.1, -0.05) is 0 Å². The van der Waals surface area contributed by atoms with Crippen molar-refractivity contribution in [1.29, 1.82) is 5.26 Å². The summed E-state index contributed by atoms with van der Waals surface area (Å²) in [7, 11) is 0. The van der Waals surface area contributed by atoms with Crippen molar-refractivity contribution < 1.29 is 4.39 Å². The number of nitrogens with one attached hydrogen (secondary N) is 1. The molecule has 1 N–H and O–H groups in total. The first kappa shape index (κ1) is 14.1. The molecule has 104 valence electrons. The van der Waals surface area contributed by atoms with Crippen molar-refractivity contribution in [2.45, 2.75) is 32.9 Å². The van der Waals surface area contributed by atoms with Gasteiger partial charge in [-0.3, -0.25) is 0 Å². The van der Waals surface area contributed by atoms with E-state index >= 15 is 0 Å². The van der Waals surface area contributed by atoms with E-state index in [0.717, 1.165) is 11.3 Å². The van der Waals surface area contributed by atoms with Crippen LogP contribution in [0, 0.1) is 24.1 Å². The van der Waals surface area contributed by atoms with Crippen molar-refractivity contribution in [3.63, 3.8) is 0 Å². The fourth-order valence-electron chi connectivity index (χ4n) is 2.13. The number of nitrogens with zero attached hydrogens (tertiary/aromatic N) is 3. The Hall–Kier alpha value is -2.35. The number of halogens is 1. The zero-order valence-electron chi connectivity index (χ0n) is 11.8. The maximum absolute atomic E-state index is 13.4. The summed E-state index contributed by atoms with van der Waals surface area (Å²) in [4.78, 5) is 4.09. The van der Waals surface area contributed by atoms with E-state index in [4.69, 9.17) is 0 Å². The number of hydrogen-bond acceptors (Lipinski definition) is 3. The van der Waals surface area contributed by atoms with Gasteiger partial charge in [0.25, 0.3) is 0 Å². The van der Waals surface area contributed by atoms with Gasteiger partial charge >= 0.3 is 0 Å². The minimum absolute atomic E-state index is 0.208. The Balaban J connectivity index is 2.29. The Labute approximate surface area is 117 Å². The first-order valence-electron chi connectivity index (χ1n) is 6.46. The minimum atomic E-state index is -0.568. The predicted octanol–water partition coefficient (Wildman–Crippen LogP) is 3.59. The van der Waals surface area contributed by atoms with Gasteiger partial charge in [-0.15, -0.1) is 0 Å². The highest BCUT2D eigenvalue weighted by atomic mass is 19.1. The zero-order valence-corrected chi connectivity index (χ0v) is 11.8. The van der Waals surface area contributed by atoms with Crippen molar-refractivity contribution >= 4 is 5.69 Å². The number of hydrogen-bond donors (Lipinski definition) is 1. The van der Waals surface area contributed by atoms with Crippen LogP contribution in [0.25, 0.3) is 0 Å². The summed E-state index contributed by atoms with van der Waals surface area (Å²) in [5.74, 6) is -0.318. The molecule has 5 heteroatoms. The summed E-state index contributed by atoms with van der Waals surface area (Å²) in [5.41, 5.74) is 2.16. The molecule has 2 rings (SSSR count). The number of benzene rings is 1. The lowest BCUT2D eigenvalue weighted by molar-refractivity contribution is 0.570. The number of imidazole rings is 1. The van der Waals surface area contributed by atoms with Gasteiger partial charge in [-0.2, -0.15) is 5.26 Å². The molecule has 0 amide bonds. The highest BCUT2D eigenvalue weighted by molar-refractivity contribution is 5.49. The third-order valence-electron chi connectivity index (χ3n) is 3.03. The second-order valence-corrected chi connectivity index (χ2v) is 5.04. The standard InChI is InChI=1S/C15H17FN4/c1-10(2)20-9-18-8-15(20)14(7-17)19-13-5-11(3)4-12(16)6-13/h4-6,8-10,14,19H,1-3H3. The van der Waals surface area contributed by atoms with Crippen LogP contribution in [0.2, 0.25) is 0 Å². The van der Waals surface area contributed by atoms with Crippen molar-refractivity contribution in [3.8, 4) is 6.07 Å². The van der Waals surface area contributed by atoms with E-state index in [0.29, 0.717) is 5.69 Å². The largest absolute Gasteiger partial charge is 0.365 e. The first-order valence-corrected chi connectivity index (χ1v) is 6.46. The lowest BCUT2D eigenvalue weighted by Crippen LogP contribution is -2.15. The van der Waals surface area contributed by atoms with Gasteiger partial charge in [0.05, 0.1) is 24.3 Å². The minimum Gasteiger partial charge on any atom is -0.365 e. The lowest BCUT2D eigenvalue weighted by Gasteiger charge is -2.18.